The molecule has 3 aromatic rings. The lowest BCUT2D eigenvalue weighted by molar-refractivity contribution is 0.0989. The fraction of sp³-hybridized carbons (Fsp3) is 0.370. The molecule has 1 saturated heterocycles. The van der Waals surface area contributed by atoms with Crippen molar-refractivity contribution < 1.29 is 13.6 Å². The van der Waals surface area contributed by atoms with Crippen molar-refractivity contribution >= 4 is 17.4 Å². The van der Waals surface area contributed by atoms with E-state index in [4.69, 9.17) is 0 Å². The van der Waals surface area contributed by atoms with Gasteiger partial charge in [-0.2, -0.15) is 0 Å². The Labute approximate surface area is 208 Å². The zero-order chi connectivity index (χ0) is 25.4. The van der Waals surface area contributed by atoms with Crippen LogP contribution >= 0.6 is 0 Å². The molecule has 2 aliphatic rings. The van der Waals surface area contributed by atoms with Crippen molar-refractivity contribution in [1.29, 1.82) is 0 Å². The van der Waals surface area contributed by atoms with Crippen molar-refractivity contribution in [2.45, 2.75) is 45.1 Å². The molecular weight excluding hydrogens is 464 g/mol. The summed E-state index contributed by atoms with van der Waals surface area (Å²) in [4.78, 5) is 36.9. The molecule has 2 aromatic heterocycles. The summed E-state index contributed by atoms with van der Waals surface area (Å²) in [6.07, 6.45) is 7.09. The van der Waals surface area contributed by atoms with Gasteiger partial charge in [-0.05, 0) is 62.8 Å². The molecule has 7 nitrogen and oxygen atoms in total. The lowest BCUT2D eigenvalue weighted by Crippen LogP contribution is -2.38. The molecule has 0 bridgehead atoms. The molecule has 0 saturated carbocycles. The van der Waals surface area contributed by atoms with Crippen LogP contribution in [-0.4, -0.2) is 40.1 Å². The molecule has 5 rings (SSSR count). The molecular formula is C27H29F2N5O2. The number of nitrogens with zero attached hydrogens (tertiary/aromatic N) is 4. The molecule has 188 valence electrons. The van der Waals surface area contributed by atoms with E-state index >= 15 is 0 Å². The number of hydrogen-bond donors (Lipinski definition) is 1. The largest absolute Gasteiger partial charge is 0.356 e. The third-order valence-corrected chi connectivity index (χ3v) is 7.23. The number of carbonyl (C=O) groups excluding carboxylic acids is 1. The number of H-pyrrole nitrogens is 1. The summed E-state index contributed by atoms with van der Waals surface area (Å²) in [5.41, 5.74) is 3.36. The number of aromatic amines is 1. The summed E-state index contributed by atoms with van der Waals surface area (Å²) >= 11 is 0. The van der Waals surface area contributed by atoms with Gasteiger partial charge in [0.25, 0.3) is 5.91 Å². The molecule has 0 aliphatic carbocycles. The second-order valence-electron chi connectivity index (χ2n) is 9.42. The van der Waals surface area contributed by atoms with E-state index in [0.717, 1.165) is 43.1 Å². The molecule has 0 atom stereocenters. The summed E-state index contributed by atoms with van der Waals surface area (Å²) in [5, 5.41) is 0. The van der Waals surface area contributed by atoms with Crippen LogP contribution in [0.1, 0.15) is 52.6 Å². The van der Waals surface area contributed by atoms with Crippen molar-refractivity contribution in [3.05, 3.63) is 87.8 Å². The number of allylic oxidation sites excluding steroid dienone is 1. The van der Waals surface area contributed by atoms with Crippen molar-refractivity contribution in [3.8, 4) is 0 Å². The van der Waals surface area contributed by atoms with E-state index in [-0.39, 0.29) is 17.6 Å². The molecule has 1 amide bonds. The lowest BCUT2D eigenvalue weighted by Gasteiger charge is -2.34. The first-order valence-corrected chi connectivity index (χ1v) is 12.3. The number of benzene rings is 1. The fourth-order valence-corrected chi connectivity index (χ4v) is 5.36. The van der Waals surface area contributed by atoms with E-state index in [9.17, 15) is 18.4 Å². The number of aryl methyl sites for hydroxylation is 1. The highest BCUT2D eigenvalue weighted by Crippen LogP contribution is 2.32. The van der Waals surface area contributed by atoms with Crippen molar-refractivity contribution in [2.24, 2.45) is 0 Å². The maximum Gasteiger partial charge on any atom is 0.326 e. The van der Waals surface area contributed by atoms with Gasteiger partial charge in [0.1, 0.15) is 5.82 Å². The molecule has 1 fully saturated rings. The van der Waals surface area contributed by atoms with E-state index in [2.05, 4.69) is 21.4 Å². The molecule has 36 heavy (non-hydrogen) atoms. The average Bonchev–Trinajstić information content (AvgIpc) is 3.41. The van der Waals surface area contributed by atoms with Crippen LogP contribution in [0.4, 0.5) is 20.3 Å². The average molecular weight is 494 g/mol. The van der Waals surface area contributed by atoms with Crippen molar-refractivity contribution in [3.63, 3.8) is 0 Å². The highest BCUT2D eigenvalue weighted by Gasteiger charge is 2.29. The number of piperidine rings is 1. The number of amides is 1. The zero-order valence-electron chi connectivity index (χ0n) is 20.3. The van der Waals surface area contributed by atoms with E-state index in [1.165, 1.54) is 11.0 Å². The highest BCUT2D eigenvalue weighted by molar-refractivity contribution is 6.07. The first-order valence-electron chi connectivity index (χ1n) is 12.3. The molecule has 1 aromatic carbocycles. The van der Waals surface area contributed by atoms with Crippen LogP contribution in [0, 0.1) is 18.6 Å². The maximum atomic E-state index is 13.8. The first kappa shape index (κ1) is 24.0. The number of imidazole rings is 1. The summed E-state index contributed by atoms with van der Waals surface area (Å²) in [5.74, 6) is -1.44. The second kappa shape index (κ2) is 9.72. The Bertz CT molecular complexity index is 1370. The van der Waals surface area contributed by atoms with Crippen LogP contribution in [0.2, 0.25) is 0 Å². The van der Waals surface area contributed by atoms with Gasteiger partial charge < -0.3 is 14.8 Å². The van der Waals surface area contributed by atoms with E-state index in [0.29, 0.717) is 48.7 Å². The Kier molecular flexibility index (Phi) is 6.47. The highest BCUT2D eigenvalue weighted by atomic mass is 19.2. The summed E-state index contributed by atoms with van der Waals surface area (Å²) in [6.45, 7) is 7.49. The SMILES string of the molecule is C=CCCc1c(C)[nH]c(=O)n1C1CCN(c2cc(C(=O)N3CCc4cc(F)c(F)cc43)ccn2)CC1. The smallest absolute Gasteiger partial charge is 0.326 e. The quantitative estimate of drug-likeness (QED) is 0.519. The number of halogens is 2. The van der Waals surface area contributed by atoms with Crippen molar-refractivity contribution in [2.75, 3.05) is 29.4 Å². The topological polar surface area (TPSA) is 74.2 Å². The van der Waals surface area contributed by atoms with Crippen LogP contribution in [0.25, 0.3) is 0 Å². The Balaban J connectivity index is 1.31. The number of anilines is 2. The summed E-state index contributed by atoms with van der Waals surface area (Å²) in [6, 6.07) is 5.75. The number of rotatable bonds is 6. The zero-order valence-corrected chi connectivity index (χ0v) is 20.3. The van der Waals surface area contributed by atoms with Gasteiger partial charge in [-0.1, -0.05) is 6.08 Å². The molecule has 9 heteroatoms. The van der Waals surface area contributed by atoms with Gasteiger partial charge >= 0.3 is 5.69 Å². The van der Waals surface area contributed by atoms with Gasteiger partial charge in [-0.3, -0.25) is 9.36 Å². The van der Waals surface area contributed by atoms with E-state index < -0.39 is 11.6 Å². The maximum absolute atomic E-state index is 13.8. The van der Waals surface area contributed by atoms with E-state index in [1.54, 1.807) is 18.3 Å². The third-order valence-electron chi connectivity index (χ3n) is 7.23. The predicted octanol–water partition coefficient (Wildman–Crippen LogP) is 4.32. The summed E-state index contributed by atoms with van der Waals surface area (Å²) in [7, 11) is 0. The Morgan fingerprint density at radius 1 is 1.19 bits per heavy atom. The standard InChI is InChI=1S/C27H29F2N5O2/c1-3-4-5-23-17(2)31-27(36)34(23)20-8-11-32(12-9-20)25-15-19(6-10-30-25)26(35)33-13-7-18-14-21(28)22(29)16-24(18)33/h3,6,10,14-16,20H,1,4-5,7-9,11-13H2,2H3,(H,31,36). The number of fused-ring (bicyclic) bond motifs is 1. The normalized spacial score (nSPS) is 15.9. The minimum absolute atomic E-state index is 0.0713. The molecule has 4 heterocycles. The number of aromatic nitrogens is 3. The fourth-order valence-electron chi connectivity index (χ4n) is 5.36. The van der Waals surface area contributed by atoms with Gasteiger partial charge in [0, 0.05) is 54.9 Å². The Hall–Kier alpha value is -3.75. The van der Waals surface area contributed by atoms with Gasteiger partial charge in [0.05, 0.1) is 5.69 Å². The second-order valence-corrected chi connectivity index (χ2v) is 9.42. The van der Waals surface area contributed by atoms with Crippen LogP contribution in [0.15, 0.2) is 47.9 Å². The number of nitrogens with one attached hydrogen (secondary N) is 1. The molecule has 0 radical (unpaired) electrons. The van der Waals surface area contributed by atoms with Crippen LogP contribution in [-0.2, 0) is 12.8 Å². The van der Waals surface area contributed by atoms with Gasteiger partial charge in [-0.15, -0.1) is 6.58 Å². The van der Waals surface area contributed by atoms with Crippen molar-refractivity contribution in [1.82, 2.24) is 14.5 Å². The predicted molar refractivity (Wildman–Crippen MR) is 135 cm³/mol. The van der Waals surface area contributed by atoms with Gasteiger partial charge in [-0.25, -0.2) is 18.6 Å². The number of carbonyl (C=O) groups is 1. The van der Waals surface area contributed by atoms with Crippen LogP contribution < -0.4 is 15.5 Å². The molecule has 1 N–H and O–H groups in total. The molecule has 2 aliphatic heterocycles. The molecule has 0 unspecified atom stereocenters. The number of hydrogen-bond acceptors (Lipinski definition) is 4. The van der Waals surface area contributed by atoms with E-state index in [1.807, 2.05) is 17.6 Å². The number of pyridine rings is 1. The first-order chi connectivity index (χ1) is 17.4. The van der Waals surface area contributed by atoms with Gasteiger partial charge in [0.2, 0.25) is 0 Å². The van der Waals surface area contributed by atoms with Crippen LogP contribution in [0.5, 0.6) is 0 Å². The third kappa shape index (κ3) is 4.34. The van der Waals surface area contributed by atoms with Crippen LogP contribution in [0.3, 0.4) is 0 Å². The molecule has 0 spiro atoms. The monoisotopic (exact) mass is 493 g/mol. The summed E-state index contributed by atoms with van der Waals surface area (Å²) < 4.78 is 29.3. The van der Waals surface area contributed by atoms with Gasteiger partial charge in [0.15, 0.2) is 11.6 Å². The Morgan fingerprint density at radius 2 is 1.94 bits per heavy atom. The Morgan fingerprint density at radius 3 is 2.69 bits per heavy atom. The minimum atomic E-state index is -0.962. The lowest BCUT2D eigenvalue weighted by atomic mass is 10.0. The minimum Gasteiger partial charge on any atom is -0.356 e.